The molecule has 0 radical (unpaired) electrons. The van der Waals surface area contributed by atoms with Crippen LogP contribution < -0.4 is 5.32 Å². The molecule has 8 heteroatoms. The Morgan fingerprint density at radius 2 is 2.00 bits per heavy atom. The standard InChI is InChI=1S/C8H16NO5P.ClH/c10-8(11)7-2-1-6(5-9-7)3-4-15(12,13)14;/h6-7,9H,1-5H2,(H,10,11)(H2,12,13,14);1H/t6-,7+;/m0./s1. The van der Waals surface area contributed by atoms with Gasteiger partial charge in [0.25, 0.3) is 0 Å². The van der Waals surface area contributed by atoms with E-state index in [-0.39, 0.29) is 24.5 Å². The SMILES string of the molecule is Cl.O=C(O)[C@H]1CC[C@@H](CCP(=O)(O)O)CN1. The van der Waals surface area contributed by atoms with Gasteiger partial charge in [-0.25, -0.2) is 0 Å². The molecule has 1 fully saturated rings. The Kier molecular flexibility index (Phi) is 6.51. The average Bonchev–Trinajstić information content (AvgIpc) is 2.14. The lowest BCUT2D eigenvalue weighted by molar-refractivity contribution is -0.140. The van der Waals surface area contributed by atoms with E-state index in [9.17, 15) is 9.36 Å². The van der Waals surface area contributed by atoms with Gasteiger partial charge in [0.2, 0.25) is 0 Å². The highest BCUT2D eigenvalue weighted by molar-refractivity contribution is 7.51. The molecular weight excluding hydrogens is 257 g/mol. The van der Waals surface area contributed by atoms with Crippen molar-refractivity contribution in [3.05, 3.63) is 0 Å². The van der Waals surface area contributed by atoms with Gasteiger partial charge in [-0.15, -0.1) is 12.4 Å². The van der Waals surface area contributed by atoms with Crippen molar-refractivity contribution in [1.29, 1.82) is 0 Å². The zero-order valence-electron chi connectivity index (χ0n) is 8.70. The first-order chi connectivity index (χ1) is 6.88. The third-order valence-electron chi connectivity index (χ3n) is 2.64. The number of nitrogens with one attached hydrogen (secondary N) is 1. The lowest BCUT2D eigenvalue weighted by Crippen LogP contribution is -2.44. The second-order valence-electron chi connectivity index (χ2n) is 3.92. The number of aliphatic carboxylic acids is 1. The number of carbonyl (C=O) groups is 1. The highest BCUT2D eigenvalue weighted by atomic mass is 35.5. The lowest BCUT2D eigenvalue weighted by Gasteiger charge is -2.27. The highest BCUT2D eigenvalue weighted by Gasteiger charge is 2.26. The van der Waals surface area contributed by atoms with Crippen molar-refractivity contribution in [3.8, 4) is 0 Å². The van der Waals surface area contributed by atoms with E-state index < -0.39 is 19.6 Å². The van der Waals surface area contributed by atoms with Gasteiger partial charge in [0.05, 0.1) is 6.16 Å². The topological polar surface area (TPSA) is 107 Å². The summed E-state index contributed by atoms with van der Waals surface area (Å²) < 4.78 is 10.6. The number of carboxylic acid groups (broad SMARTS) is 1. The van der Waals surface area contributed by atoms with Crippen LogP contribution in [0.5, 0.6) is 0 Å². The summed E-state index contributed by atoms with van der Waals surface area (Å²) >= 11 is 0. The van der Waals surface area contributed by atoms with E-state index in [1.807, 2.05) is 0 Å². The summed E-state index contributed by atoms with van der Waals surface area (Å²) in [6.45, 7) is 0.525. The van der Waals surface area contributed by atoms with E-state index in [1.54, 1.807) is 0 Å². The smallest absolute Gasteiger partial charge is 0.325 e. The molecule has 0 spiro atoms. The molecule has 1 aliphatic heterocycles. The maximum Gasteiger partial charge on any atom is 0.325 e. The number of piperidine rings is 1. The molecule has 0 amide bonds. The number of hydrogen-bond donors (Lipinski definition) is 4. The molecule has 1 rings (SSSR count). The van der Waals surface area contributed by atoms with Crippen LogP contribution in [0.1, 0.15) is 19.3 Å². The van der Waals surface area contributed by atoms with E-state index in [2.05, 4.69) is 5.32 Å². The van der Waals surface area contributed by atoms with Crippen molar-refractivity contribution in [2.75, 3.05) is 12.7 Å². The summed E-state index contributed by atoms with van der Waals surface area (Å²) in [6, 6.07) is -0.503. The molecular formula is C8H17ClNO5P. The minimum Gasteiger partial charge on any atom is -0.480 e. The molecule has 0 aliphatic carbocycles. The van der Waals surface area contributed by atoms with E-state index in [0.29, 0.717) is 25.8 Å². The van der Waals surface area contributed by atoms with Crippen LogP contribution in [0.3, 0.4) is 0 Å². The van der Waals surface area contributed by atoms with Crippen molar-refractivity contribution in [2.24, 2.45) is 5.92 Å². The van der Waals surface area contributed by atoms with Crippen LogP contribution in [0.4, 0.5) is 0 Å². The van der Waals surface area contributed by atoms with Crippen molar-refractivity contribution >= 4 is 26.0 Å². The minimum absolute atomic E-state index is 0. The van der Waals surface area contributed by atoms with E-state index >= 15 is 0 Å². The largest absolute Gasteiger partial charge is 0.480 e. The fraction of sp³-hybridized carbons (Fsp3) is 0.875. The maximum absolute atomic E-state index is 10.6. The number of rotatable bonds is 4. The fourth-order valence-corrected chi connectivity index (χ4v) is 2.42. The molecule has 0 aromatic heterocycles. The molecule has 6 nitrogen and oxygen atoms in total. The van der Waals surface area contributed by atoms with Crippen LogP contribution in [-0.2, 0) is 9.36 Å². The lowest BCUT2D eigenvalue weighted by atomic mass is 9.93. The third kappa shape index (κ3) is 5.82. The molecule has 0 saturated carbocycles. The predicted octanol–water partition coefficient (Wildman–Crippen LogP) is 0.429. The molecule has 2 atom stereocenters. The highest BCUT2D eigenvalue weighted by Crippen LogP contribution is 2.37. The first-order valence-corrected chi connectivity index (χ1v) is 6.69. The minimum atomic E-state index is -3.91. The fourth-order valence-electron chi connectivity index (χ4n) is 1.72. The molecule has 1 aliphatic rings. The first-order valence-electron chi connectivity index (χ1n) is 4.89. The van der Waals surface area contributed by atoms with Crippen LogP contribution >= 0.6 is 20.0 Å². The monoisotopic (exact) mass is 273 g/mol. The van der Waals surface area contributed by atoms with Gasteiger partial charge in [-0.3, -0.25) is 9.36 Å². The summed E-state index contributed by atoms with van der Waals surface area (Å²) in [5, 5.41) is 11.5. The zero-order chi connectivity index (χ0) is 11.5. The Bertz CT molecular complexity index is 274. The van der Waals surface area contributed by atoms with Gasteiger partial charge in [0.1, 0.15) is 6.04 Å². The van der Waals surface area contributed by atoms with Gasteiger partial charge < -0.3 is 20.2 Å². The van der Waals surface area contributed by atoms with Gasteiger partial charge in [-0.2, -0.15) is 0 Å². The van der Waals surface area contributed by atoms with Crippen LogP contribution in [-0.4, -0.2) is 39.6 Å². The zero-order valence-corrected chi connectivity index (χ0v) is 10.4. The molecule has 0 unspecified atom stereocenters. The van der Waals surface area contributed by atoms with Gasteiger partial charge in [-0.05, 0) is 31.7 Å². The Morgan fingerprint density at radius 3 is 2.38 bits per heavy atom. The predicted molar refractivity (Wildman–Crippen MR) is 60.9 cm³/mol. The third-order valence-corrected chi connectivity index (χ3v) is 3.48. The van der Waals surface area contributed by atoms with Gasteiger partial charge in [0, 0.05) is 0 Å². The number of halogens is 1. The number of carboxylic acids is 1. The molecule has 1 heterocycles. The quantitative estimate of drug-likeness (QED) is 0.553. The summed E-state index contributed by atoms with van der Waals surface area (Å²) in [4.78, 5) is 28.0. The molecule has 16 heavy (non-hydrogen) atoms. The van der Waals surface area contributed by atoms with Gasteiger partial charge in [0.15, 0.2) is 0 Å². The molecule has 0 aromatic rings. The van der Waals surface area contributed by atoms with Gasteiger partial charge in [-0.1, -0.05) is 0 Å². The van der Waals surface area contributed by atoms with Crippen LogP contribution in [0.25, 0.3) is 0 Å². The Balaban J connectivity index is 0.00000225. The maximum atomic E-state index is 10.6. The normalized spacial score (nSPS) is 25.9. The summed E-state index contributed by atoms with van der Waals surface area (Å²) in [6.07, 6.45) is 1.58. The second-order valence-corrected chi connectivity index (χ2v) is 5.70. The second kappa shape index (κ2) is 6.57. The summed E-state index contributed by atoms with van der Waals surface area (Å²) in [5.74, 6) is -0.684. The molecule has 0 aromatic carbocycles. The van der Waals surface area contributed by atoms with Crippen molar-refractivity contribution < 1.29 is 24.3 Å². The van der Waals surface area contributed by atoms with Crippen molar-refractivity contribution in [3.63, 3.8) is 0 Å². The Morgan fingerprint density at radius 1 is 1.38 bits per heavy atom. The van der Waals surface area contributed by atoms with Crippen molar-refractivity contribution in [1.82, 2.24) is 5.32 Å². The summed E-state index contributed by atoms with van der Waals surface area (Å²) in [7, 11) is -3.91. The molecule has 0 bridgehead atoms. The average molecular weight is 274 g/mol. The van der Waals surface area contributed by atoms with E-state index in [1.165, 1.54) is 0 Å². The van der Waals surface area contributed by atoms with Crippen LogP contribution in [0.15, 0.2) is 0 Å². The molecule has 1 saturated heterocycles. The van der Waals surface area contributed by atoms with Crippen LogP contribution in [0.2, 0.25) is 0 Å². The summed E-state index contributed by atoms with van der Waals surface area (Å²) in [5.41, 5.74) is 0. The van der Waals surface area contributed by atoms with Crippen LogP contribution in [0, 0.1) is 5.92 Å². The number of hydrogen-bond acceptors (Lipinski definition) is 3. The Hall–Kier alpha value is -0.130. The molecule has 4 N–H and O–H groups in total. The first kappa shape index (κ1) is 15.9. The van der Waals surface area contributed by atoms with Crippen molar-refractivity contribution in [2.45, 2.75) is 25.3 Å². The van der Waals surface area contributed by atoms with E-state index in [4.69, 9.17) is 14.9 Å². The van der Waals surface area contributed by atoms with E-state index in [0.717, 1.165) is 0 Å². The molecule has 96 valence electrons. The van der Waals surface area contributed by atoms with Gasteiger partial charge >= 0.3 is 13.6 Å². The Labute approximate surface area is 100.0 Å².